The van der Waals surface area contributed by atoms with Gasteiger partial charge in [-0.1, -0.05) is 12.1 Å². The van der Waals surface area contributed by atoms with Crippen molar-refractivity contribution >= 4 is 28.2 Å². The summed E-state index contributed by atoms with van der Waals surface area (Å²) in [6.45, 7) is 4.03. The number of rotatable bonds is 5. The van der Waals surface area contributed by atoms with Crippen molar-refractivity contribution in [2.45, 2.75) is 38.1 Å². The van der Waals surface area contributed by atoms with Crippen molar-refractivity contribution in [3.05, 3.63) is 48.0 Å². The standard InChI is InChI=1S/C22H21N9O2/c1-11(26-21(32)16-17-20(24-9-23-16)25-10-31(17)3)14-8-13(30-33-14)19-27-12-4-5-15(22(2)6-7-22)28-18(12)29-19/h4-5,8-11H,6-7H2,1-3H3,(H,26,32)(H,27,28,29)/t11-/m1/s1. The van der Waals surface area contributed by atoms with Gasteiger partial charge in [0.25, 0.3) is 5.91 Å². The maximum Gasteiger partial charge on any atom is 0.272 e. The van der Waals surface area contributed by atoms with Crippen molar-refractivity contribution in [2.75, 3.05) is 0 Å². The number of nitrogens with zero attached hydrogens (tertiary/aromatic N) is 7. The molecule has 0 bridgehead atoms. The van der Waals surface area contributed by atoms with Crippen molar-refractivity contribution in [1.29, 1.82) is 0 Å². The number of fused-ring (bicyclic) bond motifs is 2. The Kier molecular flexibility index (Phi) is 4.10. The molecule has 0 saturated heterocycles. The molecule has 11 nitrogen and oxygen atoms in total. The third kappa shape index (κ3) is 3.23. The number of carbonyl (C=O) groups is 1. The Labute approximate surface area is 187 Å². The van der Waals surface area contributed by atoms with Gasteiger partial charge in [-0.25, -0.2) is 24.9 Å². The zero-order valence-electron chi connectivity index (χ0n) is 18.3. The normalized spacial score (nSPS) is 15.7. The Morgan fingerprint density at radius 1 is 1.21 bits per heavy atom. The van der Waals surface area contributed by atoms with Gasteiger partial charge < -0.3 is 19.4 Å². The summed E-state index contributed by atoms with van der Waals surface area (Å²) in [6.07, 6.45) is 5.23. The molecule has 5 aromatic rings. The minimum atomic E-state index is -0.444. The highest BCUT2D eigenvalue weighted by Gasteiger charge is 2.40. The lowest BCUT2D eigenvalue weighted by atomic mass is 10.1. The minimum absolute atomic E-state index is 0.173. The van der Waals surface area contributed by atoms with Crippen LogP contribution in [-0.2, 0) is 12.5 Å². The molecule has 5 heterocycles. The zero-order chi connectivity index (χ0) is 22.7. The average Bonchev–Trinajstić information content (AvgIpc) is 3.19. The Balaban J connectivity index is 1.24. The van der Waals surface area contributed by atoms with Gasteiger partial charge in [-0.3, -0.25) is 4.79 Å². The molecule has 1 aliphatic rings. The van der Waals surface area contributed by atoms with Gasteiger partial charge in [0.1, 0.15) is 17.5 Å². The second-order valence-corrected chi connectivity index (χ2v) is 8.77. The van der Waals surface area contributed by atoms with Crippen molar-refractivity contribution in [2.24, 2.45) is 7.05 Å². The van der Waals surface area contributed by atoms with Gasteiger partial charge >= 0.3 is 0 Å². The van der Waals surface area contributed by atoms with E-state index in [1.165, 1.54) is 6.33 Å². The first-order valence-electron chi connectivity index (χ1n) is 10.7. The topological polar surface area (TPSA) is 140 Å². The first-order chi connectivity index (χ1) is 15.9. The number of carbonyl (C=O) groups excluding carboxylic acids is 1. The Morgan fingerprint density at radius 2 is 2.06 bits per heavy atom. The molecule has 0 aromatic carbocycles. The molecule has 0 aliphatic heterocycles. The summed E-state index contributed by atoms with van der Waals surface area (Å²) in [4.78, 5) is 37.8. The smallest absolute Gasteiger partial charge is 0.272 e. The second-order valence-electron chi connectivity index (χ2n) is 8.77. The molecule has 11 heteroatoms. The molecule has 0 spiro atoms. The fraction of sp³-hybridized carbons (Fsp3) is 0.318. The number of hydrogen-bond acceptors (Lipinski definition) is 8. The van der Waals surface area contributed by atoms with E-state index in [0.29, 0.717) is 34.1 Å². The maximum absolute atomic E-state index is 12.9. The predicted molar refractivity (Wildman–Crippen MR) is 118 cm³/mol. The van der Waals surface area contributed by atoms with Crippen LogP contribution in [0.5, 0.6) is 0 Å². The van der Waals surface area contributed by atoms with Crippen LogP contribution < -0.4 is 5.32 Å². The lowest BCUT2D eigenvalue weighted by Crippen LogP contribution is -2.27. The molecular formula is C22H21N9O2. The van der Waals surface area contributed by atoms with Crippen LogP contribution in [0.15, 0.2) is 35.4 Å². The number of imidazole rings is 2. The van der Waals surface area contributed by atoms with Crippen molar-refractivity contribution < 1.29 is 9.32 Å². The van der Waals surface area contributed by atoms with Crippen molar-refractivity contribution in [1.82, 2.24) is 44.9 Å². The molecule has 1 aliphatic carbocycles. The van der Waals surface area contributed by atoms with Crippen LogP contribution in [0.4, 0.5) is 0 Å². The van der Waals surface area contributed by atoms with E-state index in [1.54, 1.807) is 24.0 Å². The number of aryl methyl sites for hydroxylation is 1. The summed E-state index contributed by atoms with van der Waals surface area (Å²) in [7, 11) is 1.79. The molecule has 1 fully saturated rings. The van der Waals surface area contributed by atoms with Gasteiger partial charge in [-0.05, 0) is 31.9 Å². The zero-order valence-corrected chi connectivity index (χ0v) is 18.3. The number of aromatic nitrogens is 8. The highest BCUT2D eigenvalue weighted by Crippen LogP contribution is 2.46. The first-order valence-corrected chi connectivity index (χ1v) is 10.7. The lowest BCUT2D eigenvalue weighted by Gasteiger charge is -2.10. The summed E-state index contributed by atoms with van der Waals surface area (Å²) >= 11 is 0. The first kappa shape index (κ1) is 19.5. The Morgan fingerprint density at radius 3 is 2.88 bits per heavy atom. The lowest BCUT2D eigenvalue weighted by molar-refractivity contribution is 0.0930. The van der Waals surface area contributed by atoms with E-state index in [0.717, 1.165) is 24.1 Å². The van der Waals surface area contributed by atoms with E-state index < -0.39 is 6.04 Å². The molecule has 166 valence electrons. The SMILES string of the molecule is C[C@@H](NC(=O)c1ncnc2ncn(C)c12)c1cc(-c2nc3nc(C4(C)CC4)ccc3[nH]2)no1. The number of pyridine rings is 1. The second kappa shape index (κ2) is 6.92. The summed E-state index contributed by atoms with van der Waals surface area (Å²) in [6, 6.07) is 5.37. The van der Waals surface area contributed by atoms with E-state index in [-0.39, 0.29) is 17.0 Å². The van der Waals surface area contributed by atoms with Gasteiger partial charge in [-0.2, -0.15) is 0 Å². The highest BCUT2D eigenvalue weighted by atomic mass is 16.5. The molecule has 0 unspecified atom stereocenters. The fourth-order valence-electron chi connectivity index (χ4n) is 3.89. The third-order valence-corrected chi connectivity index (χ3v) is 6.23. The summed E-state index contributed by atoms with van der Waals surface area (Å²) in [5.41, 5.74) is 4.55. The number of amides is 1. The number of aromatic amines is 1. The molecule has 1 saturated carbocycles. The quantitative estimate of drug-likeness (QED) is 0.422. The monoisotopic (exact) mass is 443 g/mol. The van der Waals surface area contributed by atoms with Crippen LogP contribution >= 0.6 is 0 Å². The van der Waals surface area contributed by atoms with Crippen LogP contribution in [0.2, 0.25) is 0 Å². The van der Waals surface area contributed by atoms with Crippen molar-refractivity contribution in [3.63, 3.8) is 0 Å². The van der Waals surface area contributed by atoms with E-state index in [2.05, 4.69) is 48.4 Å². The summed E-state index contributed by atoms with van der Waals surface area (Å²) in [5, 5.41) is 7.03. The van der Waals surface area contributed by atoms with Crippen LogP contribution in [0.25, 0.3) is 33.8 Å². The Bertz CT molecular complexity index is 1530. The minimum Gasteiger partial charge on any atom is -0.358 e. The van der Waals surface area contributed by atoms with Gasteiger partial charge in [0.2, 0.25) is 0 Å². The summed E-state index contributed by atoms with van der Waals surface area (Å²) in [5.74, 6) is 0.704. The van der Waals surface area contributed by atoms with Crippen LogP contribution in [0, 0.1) is 0 Å². The molecule has 33 heavy (non-hydrogen) atoms. The molecule has 5 aromatic heterocycles. The highest BCUT2D eigenvalue weighted by molar-refractivity contribution is 6.02. The van der Waals surface area contributed by atoms with Gasteiger partial charge in [0.15, 0.2) is 28.6 Å². The largest absolute Gasteiger partial charge is 0.358 e. The predicted octanol–water partition coefficient (Wildman–Crippen LogP) is 2.83. The van der Waals surface area contributed by atoms with Crippen LogP contribution in [0.1, 0.15) is 54.7 Å². The number of nitrogens with one attached hydrogen (secondary N) is 2. The number of hydrogen-bond donors (Lipinski definition) is 2. The molecule has 6 rings (SSSR count). The van der Waals surface area contributed by atoms with E-state index in [1.807, 2.05) is 13.0 Å². The molecular weight excluding hydrogens is 422 g/mol. The van der Waals surface area contributed by atoms with E-state index in [4.69, 9.17) is 9.51 Å². The molecule has 1 amide bonds. The van der Waals surface area contributed by atoms with Crippen LogP contribution in [-0.4, -0.2) is 45.5 Å². The average molecular weight is 443 g/mol. The van der Waals surface area contributed by atoms with Crippen LogP contribution in [0.3, 0.4) is 0 Å². The van der Waals surface area contributed by atoms with Gasteiger partial charge in [-0.15, -0.1) is 0 Å². The molecule has 1 atom stereocenters. The summed E-state index contributed by atoms with van der Waals surface area (Å²) < 4.78 is 7.22. The van der Waals surface area contributed by atoms with Gasteiger partial charge in [0, 0.05) is 24.2 Å². The van der Waals surface area contributed by atoms with E-state index in [9.17, 15) is 4.79 Å². The molecule has 2 N–H and O–H groups in total. The Hall–Kier alpha value is -4.15. The van der Waals surface area contributed by atoms with E-state index >= 15 is 0 Å². The van der Waals surface area contributed by atoms with Gasteiger partial charge in [0.05, 0.1) is 17.9 Å². The number of H-pyrrole nitrogens is 1. The fourth-order valence-corrected chi connectivity index (χ4v) is 3.89. The third-order valence-electron chi connectivity index (χ3n) is 6.23. The van der Waals surface area contributed by atoms with Crippen molar-refractivity contribution in [3.8, 4) is 11.5 Å². The maximum atomic E-state index is 12.9. The molecule has 0 radical (unpaired) electrons.